The summed E-state index contributed by atoms with van der Waals surface area (Å²) in [6, 6.07) is 6.68. The average molecular weight is 364 g/mol. The zero-order valence-corrected chi connectivity index (χ0v) is 12.1. The van der Waals surface area contributed by atoms with Crippen molar-refractivity contribution in [1.29, 1.82) is 0 Å². The van der Waals surface area contributed by atoms with E-state index in [1.165, 1.54) is 18.2 Å². The Morgan fingerprint density at radius 1 is 1.10 bits per heavy atom. The van der Waals surface area contributed by atoms with Crippen LogP contribution in [0.5, 0.6) is 5.75 Å². The highest BCUT2D eigenvalue weighted by Gasteiger charge is 2.30. The van der Waals surface area contributed by atoms with Gasteiger partial charge in [-0.2, -0.15) is 13.2 Å². The van der Waals surface area contributed by atoms with E-state index in [1.54, 1.807) is 0 Å². The maximum Gasteiger partial charge on any atom is 0.416 e. The molecule has 0 aliphatic heterocycles. The van der Waals surface area contributed by atoms with Gasteiger partial charge in [-0.1, -0.05) is 0 Å². The molecule has 2 N–H and O–H groups in total. The number of nitrogens with one attached hydrogen (secondary N) is 1. The van der Waals surface area contributed by atoms with Crippen molar-refractivity contribution in [2.75, 3.05) is 5.32 Å². The number of phenolic OH excluding ortho intramolecular Hbond substituents is 1. The van der Waals surface area contributed by atoms with Crippen LogP contribution < -0.4 is 5.32 Å². The first-order chi connectivity index (χ1) is 9.75. The Hall–Kier alpha value is -1.76. The molecule has 0 radical (unpaired) electrons. The lowest BCUT2D eigenvalue weighted by Crippen LogP contribution is -2.07. The van der Waals surface area contributed by atoms with Crippen LogP contribution in [0.25, 0.3) is 0 Å². The molecule has 0 unspecified atom stereocenters. The molecule has 2 aromatic rings. The predicted octanol–water partition coefficient (Wildman–Crippen LogP) is 4.92. The Kier molecular flexibility index (Phi) is 4.41. The van der Waals surface area contributed by atoms with Gasteiger partial charge in [-0.3, -0.25) is 0 Å². The van der Waals surface area contributed by atoms with Gasteiger partial charge in [0.25, 0.3) is 0 Å². The molecule has 0 saturated carbocycles. The van der Waals surface area contributed by atoms with Gasteiger partial charge < -0.3 is 10.4 Å². The van der Waals surface area contributed by atoms with Gasteiger partial charge in [0.2, 0.25) is 0 Å². The number of benzene rings is 2. The lowest BCUT2D eigenvalue weighted by atomic mass is 10.1. The minimum atomic E-state index is -4.44. The molecule has 0 spiro atoms. The average Bonchev–Trinajstić information content (AvgIpc) is 2.35. The first-order valence-corrected chi connectivity index (χ1v) is 6.64. The van der Waals surface area contributed by atoms with Crippen LogP contribution in [-0.2, 0) is 12.7 Å². The fraction of sp³-hybridized carbons (Fsp3) is 0.143. The van der Waals surface area contributed by atoms with Crippen LogP contribution >= 0.6 is 15.9 Å². The van der Waals surface area contributed by atoms with E-state index < -0.39 is 17.6 Å². The summed E-state index contributed by atoms with van der Waals surface area (Å²) in [5.41, 5.74) is -0.138. The van der Waals surface area contributed by atoms with Crippen LogP contribution in [0.15, 0.2) is 40.9 Å². The SMILES string of the molecule is Oc1cc(F)cc(CNc2cc(C(F)(F)F)ccc2Br)c1. The van der Waals surface area contributed by atoms with E-state index >= 15 is 0 Å². The molecule has 0 bridgehead atoms. The summed E-state index contributed by atoms with van der Waals surface area (Å²) in [4.78, 5) is 0. The van der Waals surface area contributed by atoms with Gasteiger partial charge in [0, 0.05) is 22.8 Å². The Morgan fingerprint density at radius 2 is 1.81 bits per heavy atom. The van der Waals surface area contributed by atoms with E-state index in [4.69, 9.17) is 0 Å². The minimum Gasteiger partial charge on any atom is -0.508 e. The summed E-state index contributed by atoms with van der Waals surface area (Å²) >= 11 is 3.15. The van der Waals surface area contributed by atoms with Crippen molar-refractivity contribution in [3.05, 3.63) is 57.8 Å². The predicted molar refractivity (Wildman–Crippen MR) is 74.5 cm³/mol. The first kappa shape index (κ1) is 15.6. The minimum absolute atomic E-state index is 0.0746. The summed E-state index contributed by atoms with van der Waals surface area (Å²) in [6.07, 6.45) is -4.44. The molecule has 0 amide bonds. The third-order valence-corrected chi connectivity index (χ3v) is 3.41. The van der Waals surface area contributed by atoms with Gasteiger partial charge in [-0.05, 0) is 51.8 Å². The molecule has 0 fully saturated rings. The topological polar surface area (TPSA) is 32.3 Å². The Balaban J connectivity index is 2.19. The normalized spacial score (nSPS) is 11.5. The Morgan fingerprint density at radius 3 is 2.43 bits per heavy atom. The second-order valence-electron chi connectivity index (χ2n) is 4.36. The van der Waals surface area contributed by atoms with Crippen molar-refractivity contribution in [3.63, 3.8) is 0 Å². The lowest BCUT2D eigenvalue weighted by Gasteiger charge is -2.13. The van der Waals surface area contributed by atoms with Crippen LogP contribution in [0.3, 0.4) is 0 Å². The van der Waals surface area contributed by atoms with E-state index in [-0.39, 0.29) is 18.0 Å². The number of anilines is 1. The third-order valence-electron chi connectivity index (χ3n) is 2.72. The van der Waals surface area contributed by atoms with Crippen molar-refractivity contribution in [3.8, 4) is 5.75 Å². The molecular formula is C14H10BrF4NO. The van der Waals surface area contributed by atoms with Gasteiger partial charge in [0.05, 0.1) is 5.56 Å². The van der Waals surface area contributed by atoms with Gasteiger partial charge in [0.15, 0.2) is 0 Å². The summed E-state index contributed by atoms with van der Waals surface area (Å²) in [5.74, 6) is -0.857. The smallest absolute Gasteiger partial charge is 0.416 e. The van der Waals surface area contributed by atoms with Gasteiger partial charge in [-0.15, -0.1) is 0 Å². The van der Waals surface area contributed by atoms with Crippen LogP contribution in [0.2, 0.25) is 0 Å². The van der Waals surface area contributed by atoms with Crippen LogP contribution in [-0.4, -0.2) is 5.11 Å². The second-order valence-corrected chi connectivity index (χ2v) is 5.22. The van der Waals surface area contributed by atoms with Crippen LogP contribution in [0.1, 0.15) is 11.1 Å². The molecule has 0 saturated heterocycles. The molecule has 2 aromatic carbocycles. The molecule has 0 aliphatic rings. The second kappa shape index (κ2) is 5.93. The lowest BCUT2D eigenvalue weighted by molar-refractivity contribution is -0.137. The van der Waals surface area contributed by atoms with E-state index in [0.29, 0.717) is 10.0 Å². The molecule has 0 heterocycles. The zero-order valence-electron chi connectivity index (χ0n) is 10.5. The highest BCUT2D eigenvalue weighted by molar-refractivity contribution is 9.10. The summed E-state index contributed by atoms with van der Waals surface area (Å²) in [5, 5.41) is 12.0. The number of rotatable bonds is 3. The molecule has 0 aromatic heterocycles. The van der Waals surface area contributed by atoms with E-state index in [2.05, 4.69) is 21.2 Å². The third kappa shape index (κ3) is 4.10. The summed E-state index contributed by atoms with van der Waals surface area (Å²) in [6.45, 7) is 0.0746. The number of aromatic hydroxyl groups is 1. The number of phenols is 1. The molecule has 2 rings (SSSR count). The van der Waals surface area contributed by atoms with Crippen LogP contribution in [0.4, 0.5) is 23.2 Å². The van der Waals surface area contributed by atoms with Gasteiger partial charge >= 0.3 is 6.18 Å². The zero-order chi connectivity index (χ0) is 15.6. The van der Waals surface area contributed by atoms with Crippen molar-refractivity contribution < 1.29 is 22.7 Å². The first-order valence-electron chi connectivity index (χ1n) is 5.85. The number of hydrogen-bond donors (Lipinski definition) is 2. The molecule has 2 nitrogen and oxygen atoms in total. The van der Waals surface area contributed by atoms with E-state index in [9.17, 15) is 22.7 Å². The summed E-state index contributed by atoms with van der Waals surface area (Å²) < 4.78 is 51.5. The largest absolute Gasteiger partial charge is 0.508 e. The molecule has 0 aliphatic carbocycles. The van der Waals surface area contributed by atoms with Crippen molar-refractivity contribution in [1.82, 2.24) is 0 Å². The van der Waals surface area contributed by atoms with E-state index in [1.807, 2.05) is 0 Å². The monoisotopic (exact) mass is 363 g/mol. The van der Waals surface area contributed by atoms with E-state index in [0.717, 1.165) is 18.2 Å². The van der Waals surface area contributed by atoms with Gasteiger partial charge in [-0.25, -0.2) is 4.39 Å². The summed E-state index contributed by atoms with van der Waals surface area (Å²) in [7, 11) is 0. The molecule has 21 heavy (non-hydrogen) atoms. The highest BCUT2D eigenvalue weighted by Crippen LogP contribution is 2.34. The fourth-order valence-corrected chi connectivity index (χ4v) is 2.16. The number of alkyl halides is 3. The Bertz CT molecular complexity index is 638. The van der Waals surface area contributed by atoms with Crippen molar-refractivity contribution in [2.45, 2.75) is 12.7 Å². The number of hydrogen-bond acceptors (Lipinski definition) is 2. The number of halogens is 5. The fourth-order valence-electron chi connectivity index (χ4n) is 1.77. The maximum absolute atomic E-state index is 13.1. The molecule has 0 atom stereocenters. The molecule has 112 valence electrons. The quantitative estimate of drug-likeness (QED) is 0.758. The maximum atomic E-state index is 13.1. The van der Waals surface area contributed by atoms with Gasteiger partial charge in [0.1, 0.15) is 11.6 Å². The molecular weight excluding hydrogens is 354 g/mol. The highest BCUT2D eigenvalue weighted by atomic mass is 79.9. The standard InChI is InChI=1S/C14H10BrF4NO/c15-12-2-1-9(14(17,18)19)5-13(12)20-7-8-3-10(16)6-11(21)4-8/h1-6,20-21H,7H2. The molecule has 7 heteroatoms. The van der Waals surface area contributed by atoms with Crippen molar-refractivity contribution >= 4 is 21.6 Å². The van der Waals surface area contributed by atoms with Crippen molar-refractivity contribution in [2.24, 2.45) is 0 Å². The Labute approximate surface area is 126 Å². The van der Waals surface area contributed by atoms with Crippen LogP contribution in [0, 0.1) is 5.82 Å².